The van der Waals surface area contributed by atoms with Gasteiger partial charge in [-0.25, -0.2) is 9.18 Å². The second kappa shape index (κ2) is 14.1. The SMILES string of the molecule is N[C@H](CF)C1CCC(C(=O)N2CC[C@@H](C3CCCCC3)[C@H]2C(=O)Cc2ccc3oc(C(=O)OC[C@@H]4CCCO4)cc3c2)CC1. The highest BCUT2D eigenvalue weighted by atomic mass is 19.1. The van der Waals surface area contributed by atoms with Crippen molar-refractivity contribution < 1.29 is 32.7 Å². The average molecular weight is 611 g/mol. The van der Waals surface area contributed by atoms with E-state index in [2.05, 4.69) is 0 Å². The summed E-state index contributed by atoms with van der Waals surface area (Å²) in [5, 5.41) is 0.741. The van der Waals surface area contributed by atoms with Crippen LogP contribution in [0.2, 0.25) is 0 Å². The van der Waals surface area contributed by atoms with Crippen molar-refractivity contribution >= 4 is 28.6 Å². The largest absolute Gasteiger partial charge is 0.457 e. The third-order valence-corrected chi connectivity index (χ3v) is 10.8. The third kappa shape index (κ3) is 6.89. The molecule has 2 aliphatic carbocycles. The number of hydrogen-bond acceptors (Lipinski definition) is 7. The summed E-state index contributed by atoms with van der Waals surface area (Å²) in [6.07, 6.45) is 11.7. The normalized spacial score (nSPS) is 28.8. The number of carbonyl (C=O) groups excluding carboxylic acids is 3. The fraction of sp³-hybridized carbons (Fsp3) is 0.686. The number of nitrogens with zero attached hydrogens (tertiary/aromatic N) is 1. The molecule has 0 radical (unpaired) electrons. The molecule has 2 saturated heterocycles. The molecule has 8 nitrogen and oxygen atoms in total. The van der Waals surface area contributed by atoms with Gasteiger partial charge in [0.05, 0.1) is 12.1 Å². The molecule has 1 amide bonds. The second-order valence-corrected chi connectivity index (χ2v) is 13.6. The van der Waals surface area contributed by atoms with E-state index in [9.17, 15) is 18.8 Å². The van der Waals surface area contributed by atoms with E-state index in [0.29, 0.717) is 37.5 Å². The molecular formula is C35H47FN2O6. The van der Waals surface area contributed by atoms with Gasteiger partial charge in [-0.2, -0.15) is 0 Å². The number of alkyl halides is 1. The van der Waals surface area contributed by atoms with Crippen molar-refractivity contribution in [3.05, 3.63) is 35.6 Å². The molecule has 2 N–H and O–H groups in total. The summed E-state index contributed by atoms with van der Waals surface area (Å²) in [4.78, 5) is 42.6. The van der Waals surface area contributed by atoms with Crippen molar-refractivity contribution in [1.82, 2.24) is 4.90 Å². The van der Waals surface area contributed by atoms with Crippen molar-refractivity contribution in [2.45, 2.75) is 102 Å². The average Bonchev–Trinajstić information content (AvgIpc) is 3.83. The Morgan fingerprint density at radius 3 is 2.50 bits per heavy atom. The van der Waals surface area contributed by atoms with Crippen LogP contribution < -0.4 is 5.73 Å². The Bertz CT molecular complexity index is 1310. The van der Waals surface area contributed by atoms with E-state index < -0.39 is 24.7 Å². The van der Waals surface area contributed by atoms with Crippen LogP contribution in [0.5, 0.6) is 0 Å². The van der Waals surface area contributed by atoms with E-state index in [1.54, 1.807) is 12.1 Å². The summed E-state index contributed by atoms with van der Waals surface area (Å²) >= 11 is 0. The number of esters is 1. The first-order valence-corrected chi connectivity index (χ1v) is 16.9. The number of furan rings is 1. The predicted octanol–water partition coefficient (Wildman–Crippen LogP) is 5.78. The number of amides is 1. The van der Waals surface area contributed by atoms with Crippen LogP contribution in [0.1, 0.15) is 93.2 Å². The summed E-state index contributed by atoms with van der Waals surface area (Å²) in [6, 6.07) is 6.37. The van der Waals surface area contributed by atoms with E-state index >= 15 is 0 Å². The molecular weight excluding hydrogens is 563 g/mol. The maximum atomic E-state index is 14.1. The number of hydrogen-bond donors (Lipinski definition) is 1. The molecule has 3 heterocycles. The van der Waals surface area contributed by atoms with Crippen LogP contribution in [0.3, 0.4) is 0 Å². The van der Waals surface area contributed by atoms with Crippen molar-refractivity contribution in [1.29, 1.82) is 0 Å². The van der Waals surface area contributed by atoms with E-state index in [1.807, 2.05) is 17.0 Å². The number of ketones is 1. The smallest absolute Gasteiger partial charge is 0.374 e. The highest BCUT2D eigenvalue weighted by molar-refractivity contribution is 5.94. The zero-order chi connectivity index (χ0) is 30.6. The highest BCUT2D eigenvalue weighted by Crippen LogP contribution is 2.41. The van der Waals surface area contributed by atoms with Gasteiger partial charge in [-0.15, -0.1) is 0 Å². The van der Waals surface area contributed by atoms with Crippen molar-refractivity contribution in [3.8, 4) is 0 Å². The number of Topliss-reactive ketones (excluding diaryl/α,β-unsaturated/α-hetero) is 1. The van der Waals surface area contributed by atoms with E-state index in [-0.39, 0.29) is 54.3 Å². The molecule has 44 heavy (non-hydrogen) atoms. The second-order valence-electron chi connectivity index (χ2n) is 13.6. The molecule has 2 aliphatic heterocycles. The zero-order valence-corrected chi connectivity index (χ0v) is 25.7. The van der Waals surface area contributed by atoms with Gasteiger partial charge in [0, 0.05) is 36.9 Å². The van der Waals surface area contributed by atoms with Crippen LogP contribution in [0.15, 0.2) is 28.7 Å². The molecule has 1 aromatic carbocycles. The Morgan fingerprint density at radius 1 is 0.977 bits per heavy atom. The molecule has 4 fully saturated rings. The minimum absolute atomic E-state index is 0.0601. The highest BCUT2D eigenvalue weighted by Gasteiger charge is 2.46. The van der Waals surface area contributed by atoms with E-state index in [1.165, 1.54) is 19.3 Å². The van der Waals surface area contributed by atoms with Gasteiger partial charge in [0.25, 0.3) is 0 Å². The van der Waals surface area contributed by atoms with Gasteiger partial charge < -0.3 is 24.5 Å². The Hall–Kier alpha value is -2.78. The molecule has 9 heteroatoms. The predicted molar refractivity (Wildman–Crippen MR) is 164 cm³/mol. The lowest BCUT2D eigenvalue weighted by Gasteiger charge is -2.37. The Kier molecular flexibility index (Phi) is 10.0. The molecule has 2 aromatic rings. The number of nitrogens with two attached hydrogens (primary N) is 1. The molecule has 0 spiro atoms. The summed E-state index contributed by atoms with van der Waals surface area (Å²) in [6.45, 7) is 1.00. The quantitative estimate of drug-likeness (QED) is 0.340. The zero-order valence-electron chi connectivity index (χ0n) is 25.7. The lowest BCUT2D eigenvalue weighted by molar-refractivity contribution is -0.143. The van der Waals surface area contributed by atoms with E-state index in [0.717, 1.165) is 55.9 Å². The first-order chi connectivity index (χ1) is 21.4. The van der Waals surface area contributed by atoms with Gasteiger partial charge in [-0.1, -0.05) is 38.2 Å². The first kappa shape index (κ1) is 31.2. The lowest BCUT2D eigenvalue weighted by Crippen LogP contribution is -2.48. The number of likely N-dealkylation sites (tertiary alicyclic amines) is 1. The molecule has 1 aromatic heterocycles. The van der Waals surface area contributed by atoms with Gasteiger partial charge in [-0.05, 0) is 86.5 Å². The maximum Gasteiger partial charge on any atom is 0.374 e. The van der Waals surface area contributed by atoms with Crippen molar-refractivity contribution in [3.63, 3.8) is 0 Å². The molecule has 0 unspecified atom stereocenters. The molecule has 4 atom stereocenters. The molecule has 2 saturated carbocycles. The summed E-state index contributed by atoms with van der Waals surface area (Å²) < 4.78 is 29.9. The van der Waals surface area contributed by atoms with Crippen molar-refractivity contribution in [2.75, 3.05) is 26.4 Å². The van der Waals surface area contributed by atoms with Gasteiger partial charge in [-0.3, -0.25) is 9.59 Å². The van der Waals surface area contributed by atoms with Gasteiger partial charge in [0.1, 0.15) is 18.9 Å². The standard InChI is InChI=1S/C35H47FN2O6/c36-20-29(37)24-9-11-25(12-10-24)34(40)38-15-14-28(23-5-2-1-3-6-23)33(38)30(39)18-22-8-13-31-26(17-22)19-32(44-31)35(41)43-21-27-7-4-16-42-27/h8,13,17,19,23-25,27-29,33H,1-7,9-12,14-16,18,20-21,37H2/t24?,25?,27-,28-,29+,33-/m0/s1. The lowest BCUT2D eigenvalue weighted by atomic mass is 9.75. The van der Waals surface area contributed by atoms with Crippen LogP contribution in [0.4, 0.5) is 4.39 Å². The monoisotopic (exact) mass is 610 g/mol. The van der Waals surface area contributed by atoms with E-state index in [4.69, 9.17) is 19.6 Å². The number of benzene rings is 1. The van der Waals surface area contributed by atoms with Gasteiger partial charge in [0.2, 0.25) is 11.7 Å². The number of halogens is 1. The topological polar surface area (TPSA) is 112 Å². The number of ether oxygens (including phenoxy) is 2. The molecule has 4 aliphatic rings. The summed E-state index contributed by atoms with van der Waals surface area (Å²) in [5.41, 5.74) is 7.37. The minimum Gasteiger partial charge on any atom is -0.457 e. The number of fused-ring (bicyclic) bond motifs is 1. The fourth-order valence-corrected chi connectivity index (χ4v) is 8.31. The van der Waals surface area contributed by atoms with Crippen LogP contribution in [0.25, 0.3) is 11.0 Å². The van der Waals surface area contributed by atoms with Crippen molar-refractivity contribution in [2.24, 2.45) is 29.4 Å². The Balaban J connectivity index is 1.15. The Morgan fingerprint density at radius 2 is 1.77 bits per heavy atom. The van der Waals surface area contributed by atoms with Crippen LogP contribution in [0, 0.1) is 23.7 Å². The molecule has 6 rings (SSSR count). The Labute approximate surface area is 259 Å². The molecule has 0 bridgehead atoms. The summed E-state index contributed by atoms with van der Waals surface area (Å²) in [7, 11) is 0. The minimum atomic E-state index is -0.527. The van der Waals surface area contributed by atoms with Crippen LogP contribution in [-0.4, -0.2) is 67.2 Å². The molecule has 240 valence electrons. The fourth-order valence-electron chi connectivity index (χ4n) is 8.31. The van der Waals surface area contributed by atoms with Crippen LogP contribution in [-0.2, 0) is 25.5 Å². The maximum absolute atomic E-state index is 14.1. The van der Waals surface area contributed by atoms with Gasteiger partial charge >= 0.3 is 5.97 Å². The first-order valence-electron chi connectivity index (χ1n) is 16.9. The van der Waals surface area contributed by atoms with Crippen LogP contribution >= 0.6 is 0 Å². The summed E-state index contributed by atoms with van der Waals surface area (Å²) in [5.74, 6) is 0.429. The number of carbonyl (C=O) groups is 3. The third-order valence-electron chi connectivity index (χ3n) is 10.8. The number of rotatable bonds is 10. The van der Waals surface area contributed by atoms with Gasteiger partial charge in [0.15, 0.2) is 5.78 Å².